The van der Waals surface area contributed by atoms with E-state index in [4.69, 9.17) is 5.84 Å². The summed E-state index contributed by atoms with van der Waals surface area (Å²) < 4.78 is 0. The molecule has 9 heteroatoms. The minimum absolute atomic E-state index is 0.199. The van der Waals surface area contributed by atoms with Crippen LogP contribution in [0.25, 0.3) is 0 Å². The monoisotopic (exact) mass is 409 g/mol. The molecule has 3 rings (SSSR count). The number of nitrogens with one attached hydrogen (secondary N) is 3. The van der Waals surface area contributed by atoms with E-state index in [9.17, 15) is 14.4 Å². The van der Waals surface area contributed by atoms with E-state index in [1.54, 1.807) is 42.6 Å². The van der Waals surface area contributed by atoms with Crippen LogP contribution in [0.5, 0.6) is 0 Å². The SMILES string of the molecule is NNC(=O)c1ccc(C(=O)NCc2ccc(C(=O)NCc3ccccn3)cc2)s1. The van der Waals surface area contributed by atoms with Crippen LogP contribution in [0.2, 0.25) is 0 Å². The highest BCUT2D eigenvalue weighted by Crippen LogP contribution is 2.16. The number of hydrogen-bond acceptors (Lipinski definition) is 6. The fourth-order valence-corrected chi connectivity index (χ4v) is 3.30. The second-order valence-corrected chi connectivity index (χ2v) is 7.10. The molecule has 0 aliphatic heterocycles. The number of carbonyl (C=O) groups excluding carboxylic acids is 3. The summed E-state index contributed by atoms with van der Waals surface area (Å²) in [6.07, 6.45) is 1.68. The van der Waals surface area contributed by atoms with Crippen molar-refractivity contribution in [3.8, 4) is 0 Å². The third-order valence-electron chi connectivity index (χ3n) is 4.01. The third-order valence-corrected chi connectivity index (χ3v) is 5.09. The zero-order valence-electron chi connectivity index (χ0n) is 15.3. The largest absolute Gasteiger partial charge is 0.347 e. The van der Waals surface area contributed by atoms with Gasteiger partial charge in [-0.15, -0.1) is 11.3 Å². The second-order valence-electron chi connectivity index (χ2n) is 6.02. The maximum Gasteiger partial charge on any atom is 0.275 e. The van der Waals surface area contributed by atoms with Gasteiger partial charge in [-0.25, -0.2) is 5.84 Å². The predicted molar refractivity (Wildman–Crippen MR) is 109 cm³/mol. The number of hydrogen-bond donors (Lipinski definition) is 4. The quantitative estimate of drug-likeness (QED) is 0.268. The number of benzene rings is 1. The predicted octanol–water partition coefficient (Wildman–Crippen LogP) is 1.61. The van der Waals surface area contributed by atoms with Crippen LogP contribution in [0, 0.1) is 0 Å². The molecule has 0 bridgehead atoms. The smallest absolute Gasteiger partial charge is 0.275 e. The van der Waals surface area contributed by atoms with Gasteiger partial charge in [-0.1, -0.05) is 18.2 Å². The molecule has 3 aromatic rings. The molecule has 0 aliphatic rings. The van der Waals surface area contributed by atoms with Crippen molar-refractivity contribution in [1.29, 1.82) is 0 Å². The number of pyridine rings is 1. The van der Waals surface area contributed by atoms with Crippen molar-refractivity contribution in [2.45, 2.75) is 13.1 Å². The highest BCUT2D eigenvalue weighted by Gasteiger charge is 2.13. The Morgan fingerprint density at radius 1 is 0.828 bits per heavy atom. The van der Waals surface area contributed by atoms with Gasteiger partial charge in [0, 0.05) is 18.3 Å². The van der Waals surface area contributed by atoms with Crippen LogP contribution in [0.1, 0.15) is 41.0 Å². The lowest BCUT2D eigenvalue weighted by Gasteiger charge is -2.07. The number of rotatable bonds is 7. The van der Waals surface area contributed by atoms with Crippen LogP contribution in [-0.2, 0) is 13.1 Å². The Labute approximate surface area is 171 Å². The van der Waals surface area contributed by atoms with Crippen LogP contribution in [-0.4, -0.2) is 22.7 Å². The molecule has 0 unspecified atom stereocenters. The molecule has 29 heavy (non-hydrogen) atoms. The van der Waals surface area contributed by atoms with Gasteiger partial charge >= 0.3 is 0 Å². The normalized spacial score (nSPS) is 10.2. The van der Waals surface area contributed by atoms with E-state index in [2.05, 4.69) is 15.6 Å². The average molecular weight is 409 g/mol. The first kappa shape index (κ1) is 20.2. The summed E-state index contributed by atoms with van der Waals surface area (Å²) in [6, 6.07) is 15.6. The Balaban J connectivity index is 1.51. The fourth-order valence-electron chi connectivity index (χ4n) is 2.47. The van der Waals surface area contributed by atoms with Crippen molar-refractivity contribution >= 4 is 29.1 Å². The Morgan fingerprint density at radius 3 is 2.17 bits per heavy atom. The van der Waals surface area contributed by atoms with E-state index in [-0.39, 0.29) is 11.8 Å². The number of thiophene rings is 1. The van der Waals surface area contributed by atoms with Crippen LogP contribution >= 0.6 is 11.3 Å². The van der Waals surface area contributed by atoms with Gasteiger partial charge in [0.25, 0.3) is 17.7 Å². The minimum atomic E-state index is -0.439. The lowest BCUT2D eigenvalue weighted by Crippen LogP contribution is -2.29. The first-order valence-corrected chi connectivity index (χ1v) is 9.54. The van der Waals surface area contributed by atoms with E-state index in [1.807, 2.05) is 23.6 Å². The van der Waals surface area contributed by atoms with Gasteiger partial charge < -0.3 is 10.6 Å². The molecule has 2 aromatic heterocycles. The first-order chi connectivity index (χ1) is 14.1. The van der Waals surface area contributed by atoms with Crippen LogP contribution < -0.4 is 21.9 Å². The number of carbonyl (C=O) groups is 3. The molecule has 3 amide bonds. The van der Waals surface area contributed by atoms with Gasteiger partial charge in [0.1, 0.15) is 0 Å². The van der Waals surface area contributed by atoms with Gasteiger partial charge in [-0.05, 0) is 42.0 Å². The highest BCUT2D eigenvalue weighted by atomic mass is 32.1. The van der Waals surface area contributed by atoms with Gasteiger partial charge in [0.15, 0.2) is 0 Å². The molecule has 0 spiro atoms. The average Bonchev–Trinajstić information content (AvgIpc) is 3.27. The van der Waals surface area contributed by atoms with Gasteiger partial charge in [-0.2, -0.15) is 0 Å². The number of nitrogens with two attached hydrogens (primary N) is 1. The molecule has 0 fully saturated rings. The molecule has 0 atom stereocenters. The van der Waals surface area contributed by atoms with Gasteiger partial charge in [0.2, 0.25) is 0 Å². The molecule has 5 N–H and O–H groups in total. The molecular weight excluding hydrogens is 390 g/mol. The Bertz CT molecular complexity index is 1000. The summed E-state index contributed by atoms with van der Waals surface area (Å²) in [5, 5.41) is 5.59. The molecule has 8 nitrogen and oxygen atoms in total. The number of nitrogens with zero attached hydrogens (tertiary/aromatic N) is 1. The van der Waals surface area contributed by atoms with E-state index < -0.39 is 5.91 Å². The summed E-state index contributed by atoms with van der Waals surface area (Å²) in [5.74, 6) is 4.15. The topological polar surface area (TPSA) is 126 Å². The molecule has 2 heterocycles. The summed E-state index contributed by atoms with van der Waals surface area (Å²) in [5.41, 5.74) is 4.17. The van der Waals surface area contributed by atoms with Crippen molar-refractivity contribution in [2.24, 2.45) is 5.84 Å². The molecule has 148 valence electrons. The molecule has 0 radical (unpaired) electrons. The van der Waals surface area contributed by atoms with E-state index in [1.165, 1.54) is 0 Å². The highest BCUT2D eigenvalue weighted by molar-refractivity contribution is 7.15. The molecule has 0 saturated carbocycles. The molecule has 1 aromatic carbocycles. The summed E-state index contributed by atoms with van der Waals surface area (Å²) >= 11 is 1.06. The molecule has 0 saturated heterocycles. The van der Waals surface area contributed by atoms with Crippen molar-refractivity contribution in [1.82, 2.24) is 21.0 Å². The van der Waals surface area contributed by atoms with Crippen molar-refractivity contribution < 1.29 is 14.4 Å². The lowest BCUT2D eigenvalue weighted by atomic mass is 10.1. The van der Waals surface area contributed by atoms with Crippen LogP contribution in [0.4, 0.5) is 0 Å². The zero-order chi connectivity index (χ0) is 20.6. The standard InChI is InChI=1S/C20H19N5O3S/c21-25-20(28)17-9-8-16(29-17)19(27)23-11-13-4-6-14(7-5-13)18(26)24-12-15-3-1-2-10-22-15/h1-10H,11-12,21H2,(H,23,27)(H,24,26)(H,25,28). The second kappa shape index (κ2) is 9.58. The maximum absolute atomic E-state index is 12.2. The maximum atomic E-state index is 12.2. The van der Waals surface area contributed by atoms with E-state index in [0.717, 1.165) is 22.6 Å². The third kappa shape index (κ3) is 5.47. The molecule has 0 aliphatic carbocycles. The summed E-state index contributed by atoms with van der Waals surface area (Å²) in [6.45, 7) is 0.646. The van der Waals surface area contributed by atoms with Crippen LogP contribution in [0.15, 0.2) is 60.8 Å². The van der Waals surface area contributed by atoms with E-state index in [0.29, 0.717) is 28.4 Å². The first-order valence-electron chi connectivity index (χ1n) is 8.73. The minimum Gasteiger partial charge on any atom is -0.347 e. The van der Waals surface area contributed by atoms with E-state index >= 15 is 0 Å². The number of amides is 3. The Morgan fingerprint density at radius 2 is 1.52 bits per heavy atom. The summed E-state index contributed by atoms with van der Waals surface area (Å²) in [4.78, 5) is 40.8. The summed E-state index contributed by atoms with van der Waals surface area (Å²) in [7, 11) is 0. The Hall–Kier alpha value is -3.56. The van der Waals surface area contributed by atoms with Crippen molar-refractivity contribution in [3.05, 3.63) is 87.4 Å². The lowest BCUT2D eigenvalue weighted by molar-refractivity contribution is 0.0942. The van der Waals surface area contributed by atoms with Crippen molar-refractivity contribution in [2.75, 3.05) is 0 Å². The molecular formula is C20H19N5O3S. The van der Waals surface area contributed by atoms with Crippen LogP contribution in [0.3, 0.4) is 0 Å². The number of nitrogen functional groups attached to an aromatic ring is 1. The number of aromatic nitrogens is 1. The Kier molecular flexibility index (Phi) is 6.67. The van der Waals surface area contributed by atoms with Crippen molar-refractivity contribution in [3.63, 3.8) is 0 Å². The fraction of sp³-hybridized carbons (Fsp3) is 0.100. The van der Waals surface area contributed by atoms with Gasteiger partial charge in [0.05, 0.1) is 22.0 Å². The number of hydrazine groups is 1. The zero-order valence-corrected chi connectivity index (χ0v) is 16.2. The van der Waals surface area contributed by atoms with Gasteiger partial charge in [-0.3, -0.25) is 24.8 Å².